The van der Waals surface area contributed by atoms with Crippen molar-refractivity contribution < 1.29 is 17.6 Å². The fraction of sp³-hybridized carbons (Fsp3) is 0.417. The maximum absolute atomic E-state index is 13.3. The van der Waals surface area contributed by atoms with Crippen molar-refractivity contribution >= 4 is 21.4 Å². The highest BCUT2D eigenvalue weighted by Crippen LogP contribution is 2.21. The van der Waals surface area contributed by atoms with Crippen LogP contribution in [0.25, 0.3) is 0 Å². The highest BCUT2D eigenvalue weighted by molar-refractivity contribution is 7.91. The first kappa shape index (κ1) is 13.0. The van der Waals surface area contributed by atoms with Gasteiger partial charge in [-0.2, -0.15) is 0 Å². The van der Waals surface area contributed by atoms with Crippen LogP contribution in [0.3, 0.4) is 0 Å². The normalized spacial score (nSPS) is 21.8. The predicted octanol–water partition coefficient (Wildman–Crippen LogP) is 1.51. The van der Waals surface area contributed by atoms with E-state index in [0.717, 1.165) is 0 Å². The van der Waals surface area contributed by atoms with E-state index < -0.39 is 21.6 Å². The van der Waals surface area contributed by atoms with Crippen molar-refractivity contribution in [2.45, 2.75) is 13.3 Å². The average Bonchev–Trinajstić information content (AvgIpc) is 2.64. The second kappa shape index (κ2) is 4.68. The zero-order valence-electron chi connectivity index (χ0n) is 9.94. The number of halogens is 1. The lowest BCUT2D eigenvalue weighted by Gasteiger charge is -2.10. The van der Waals surface area contributed by atoms with E-state index in [1.54, 1.807) is 19.1 Å². The molecule has 1 saturated heterocycles. The van der Waals surface area contributed by atoms with E-state index in [1.165, 1.54) is 6.07 Å². The molecule has 0 saturated carbocycles. The van der Waals surface area contributed by atoms with Crippen LogP contribution < -0.4 is 5.32 Å². The fourth-order valence-corrected chi connectivity index (χ4v) is 3.66. The summed E-state index contributed by atoms with van der Waals surface area (Å²) in [6.45, 7) is 1.63. The Morgan fingerprint density at radius 1 is 1.44 bits per heavy atom. The van der Waals surface area contributed by atoms with Crippen LogP contribution >= 0.6 is 0 Å². The van der Waals surface area contributed by atoms with Crippen molar-refractivity contribution in [3.8, 4) is 0 Å². The SMILES string of the molecule is Cc1ccc(NC(=O)[C@H]2CCS(=O)(=O)C2)cc1F. The van der Waals surface area contributed by atoms with Crippen LogP contribution in [0.15, 0.2) is 18.2 Å². The Kier molecular flexibility index (Phi) is 3.38. The van der Waals surface area contributed by atoms with E-state index in [-0.39, 0.29) is 17.4 Å². The van der Waals surface area contributed by atoms with Crippen LogP contribution in [0.5, 0.6) is 0 Å². The van der Waals surface area contributed by atoms with Crippen molar-refractivity contribution in [1.29, 1.82) is 0 Å². The first-order valence-corrected chi connectivity index (χ1v) is 7.47. The molecule has 0 spiro atoms. The Labute approximate surface area is 105 Å². The van der Waals surface area contributed by atoms with E-state index in [0.29, 0.717) is 17.7 Å². The topological polar surface area (TPSA) is 63.2 Å². The third-order valence-electron chi connectivity index (χ3n) is 3.04. The third kappa shape index (κ3) is 2.87. The number of rotatable bonds is 2. The number of hydrogen-bond acceptors (Lipinski definition) is 3. The van der Waals surface area contributed by atoms with Gasteiger partial charge in [0.1, 0.15) is 5.82 Å². The van der Waals surface area contributed by atoms with Crippen LogP contribution in [0, 0.1) is 18.7 Å². The summed E-state index contributed by atoms with van der Waals surface area (Å²) in [4.78, 5) is 11.8. The number of nitrogens with one attached hydrogen (secondary N) is 1. The van der Waals surface area contributed by atoms with Crippen LogP contribution in [0.1, 0.15) is 12.0 Å². The van der Waals surface area contributed by atoms with Gasteiger partial charge >= 0.3 is 0 Å². The molecular weight excluding hydrogens is 257 g/mol. The van der Waals surface area contributed by atoms with Gasteiger partial charge in [-0.05, 0) is 31.0 Å². The Hall–Kier alpha value is -1.43. The van der Waals surface area contributed by atoms with Crippen molar-refractivity contribution in [3.05, 3.63) is 29.6 Å². The molecule has 0 aromatic heterocycles. The number of aryl methyl sites for hydroxylation is 1. The van der Waals surface area contributed by atoms with Crippen LogP contribution in [-0.2, 0) is 14.6 Å². The monoisotopic (exact) mass is 271 g/mol. The van der Waals surface area contributed by atoms with E-state index in [9.17, 15) is 17.6 Å². The summed E-state index contributed by atoms with van der Waals surface area (Å²) in [5.74, 6) is -1.36. The van der Waals surface area contributed by atoms with Gasteiger partial charge in [-0.25, -0.2) is 12.8 Å². The zero-order valence-corrected chi connectivity index (χ0v) is 10.8. The Morgan fingerprint density at radius 3 is 2.72 bits per heavy atom. The summed E-state index contributed by atoms with van der Waals surface area (Å²) in [6, 6.07) is 4.40. The molecule has 0 bridgehead atoms. The largest absolute Gasteiger partial charge is 0.326 e. The molecule has 1 heterocycles. The summed E-state index contributed by atoms with van der Waals surface area (Å²) < 4.78 is 35.8. The summed E-state index contributed by atoms with van der Waals surface area (Å²) in [7, 11) is -3.08. The minimum absolute atomic E-state index is 0.0490. The molecule has 1 N–H and O–H groups in total. The van der Waals surface area contributed by atoms with Gasteiger partial charge in [0.15, 0.2) is 9.84 Å². The molecule has 1 amide bonds. The average molecular weight is 271 g/mol. The first-order chi connectivity index (χ1) is 8.37. The van der Waals surface area contributed by atoms with Crippen molar-refractivity contribution in [2.24, 2.45) is 5.92 Å². The van der Waals surface area contributed by atoms with Crippen LogP contribution in [-0.4, -0.2) is 25.8 Å². The quantitative estimate of drug-likeness (QED) is 0.886. The molecule has 1 aliphatic rings. The molecule has 0 unspecified atom stereocenters. The number of benzene rings is 1. The highest BCUT2D eigenvalue weighted by atomic mass is 32.2. The van der Waals surface area contributed by atoms with Crippen molar-refractivity contribution in [1.82, 2.24) is 0 Å². The lowest BCUT2D eigenvalue weighted by Crippen LogP contribution is -2.23. The molecule has 4 nitrogen and oxygen atoms in total. The van der Waals surface area contributed by atoms with Gasteiger partial charge in [0.25, 0.3) is 0 Å². The van der Waals surface area contributed by atoms with Gasteiger partial charge in [0.05, 0.1) is 17.4 Å². The molecule has 98 valence electrons. The van der Waals surface area contributed by atoms with E-state index in [1.807, 2.05) is 0 Å². The fourth-order valence-electron chi connectivity index (χ4n) is 1.92. The first-order valence-electron chi connectivity index (χ1n) is 5.65. The number of anilines is 1. The molecule has 1 fully saturated rings. The standard InChI is InChI=1S/C12H14FNO3S/c1-8-2-3-10(6-11(8)13)14-12(15)9-4-5-18(16,17)7-9/h2-3,6,9H,4-5,7H2,1H3,(H,14,15)/t9-/m0/s1. The molecule has 1 aliphatic heterocycles. The lowest BCUT2D eigenvalue weighted by atomic mass is 10.1. The van der Waals surface area contributed by atoms with Gasteiger partial charge in [-0.15, -0.1) is 0 Å². The van der Waals surface area contributed by atoms with Crippen LogP contribution in [0.2, 0.25) is 0 Å². The van der Waals surface area contributed by atoms with E-state index in [4.69, 9.17) is 0 Å². The third-order valence-corrected chi connectivity index (χ3v) is 4.81. The van der Waals surface area contributed by atoms with E-state index >= 15 is 0 Å². The molecule has 1 atom stereocenters. The Morgan fingerprint density at radius 2 is 2.17 bits per heavy atom. The molecule has 0 aliphatic carbocycles. The summed E-state index contributed by atoms with van der Waals surface area (Å²) in [5.41, 5.74) is 0.851. The summed E-state index contributed by atoms with van der Waals surface area (Å²) in [6.07, 6.45) is 0.336. The Bertz CT molecular complexity index is 583. The van der Waals surface area contributed by atoms with Gasteiger partial charge in [-0.3, -0.25) is 4.79 Å². The highest BCUT2D eigenvalue weighted by Gasteiger charge is 2.32. The number of amides is 1. The molecule has 1 aromatic rings. The number of carbonyl (C=O) groups is 1. The molecule has 2 rings (SSSR count). The lowest BCUT2D eigenvalue weighted by molar-refractivity contribution is -0.119. The summed E-state index contributed by atoms with van der Waals surface area (Å²) >= 11 is 0. The van der Waals surface area contributed by atoms with Crippen molar-refractivity contribution in [2.75, 3.05) is 16.8 Å². The predicted molar refractivity (Wildman–Crippen MR) is 66.5 cm³/mol. The number of hydrogen-bond donors (Lipinski definition) is 1. The maximum Gasteiger partial charge on any atom is 0.228 e. The van der Waals surface area contributed by atoms with Crippen LogP contribution in [0.4, 0.5) is 10.1 Å². The van der Waals surface area contributed by atoms with Gasteiger partial charge in [0.2, 0.25) is 5.91 Å². The molecule has 18 heavy (non-hydrogen) atoms. The Balaban J connectivity index is 2.06. The minimum Gasteiger partial charge on any atom is -0.326 e. The molecular formula is C12H14FNO3S. The van der Waals surface area contributed by atoms with Crippen molar-refractivity contribution in [3.63, 3.8) is 0 Å². The molecule has 1 aromatic carbocycles. The smallest absolute Gasteiger partial charge is 0.228 e. The zero-order chi connectivity index (χ0) is 13.3. The van der Waals surface area contributed by atoms with Gasteiger partial charge < -0.3 is 5.32 Å². The van der Waals surface area contributed by atoms with Gasteiger partial charge in [-0.1, -0.05) is 6.07 Å². The second-order valence-electron chi connectivity index (χ2n) is 4.55. The van der Waals surface area contributed by atoms with Gasteiger partial charge in [0, 0.05) is 5.69 Å². The van der Waals surface area contributed by atoms with E-state index in [2.05, 4.69) is 5.32 Å². The minimum atomic E-state index is -3.08. The molecule has 6 heteroatoms. The number of carbonyl (C=O) groups excluding carboxylic acids is 1. The summed E-state index contributed by atoms with van der Waals surface area (Å²) in [5, 5.41) is 2.55. The maximum atomic E-state index is 13.3. The second-order valence-corrected chi connectivity index (χ2v) is 6.78. The number of sulfone groups is 1. The molecule has 0 radical (unpaired) electrons.